The Kier molecular flexibility index (Phi) is 7.09. The van der Waals surface area contributed by atoms with E-state index in [-0.39, 0.29) is 18.3 Å². The van der Waals surface area contributed by atoms with Crippen LogP contribution in [0.25, 0.3) is 10.4 Å². The normalized spacial score (nSPS) is 15.0. The first kappa shape index (κ1) is 18.0. The molecule has 0 aliphatic carbocycles. The van der Waals surface area contributed by atoms with Gasteiger partial charge >= 0.3 is 0 Å². The van der Waals surface area contributed by atoms with Crippen LogP contribution in [0.1, 0.15) is 25.7 Å². The standard InChI is InChI=1S/C18H22N2OS.ClH/c21-18(8-7-14-9-11-19-12-10-14)20-16-5-2-1-4-15(16)17-6-3-13-22-17;/h1-6,13-14,19H,7-12H2,(H,20,21);1H. The molecule has 0 bridgehead atoms. The van der Waals surface area contributed by atoms with Crippen molar-refractivity contribution in [2.24, 2.45) is 5.92 Å². The first-order chi connectivity index (χ1) is 10.8. The van der Waals surface area contributed by atoms with Crippen molar-refractivity contribution < 1.29 is 4.79 Å². The van der Waals surface area contributed by atoms with Crippen LogP contribution in [0.4, 0.5) is 5.69 Å². The van der Waals surface area contributed by atoms with Gasteiger partial charge < -0.3 is 10.6 Å². The molecule has 0 unspecified atom stereocenters. The molecule has 0 saturated carbocycles. The van der Waals surface area contributed by atoms with Gasteiger partial charge in [0.05, 0.1) is 0 Å². The summed E-state index contributed by atoms with van der Waals surface area (Å²) in [6, 6.07) is 12.2. The Labute approximate surface area is 147 Å². The Bertz CT molecular complexity index is 609. The third-order valence-electron chi connectivity index (χ3n) is 4.23. The van der Waals surface area contributed by atoms with E-state index in [2.05, 4.69) is 28.1 Å². The zero-order valence-electron chi connectivity index (χ0n) is 13.1. The van der Waals surface area contributed by atoms with Gasteiger partial charge in [0.15, 0.2) is 0 Å². The average molecular weight is 351 g/mol. The molecular weight excluding hydrogens is 328 g/mol. The number of piperidine rings is 1. The highest BCUT2D eigenvalue weighted by atomic mass is 35.5. The lowest BCUT2D eigenvalue weighted by Crippen LogP contribution is -2.28. The summed E-state index contributed by atoms with van der Waals surface area (Å²) in [5.41, 5.74) is 2.02. The molecule has 23 heavy (non-hydrogen) atoms. The fraction of sp³-hybridized carbons (Fsp3) is 0.389. The quantitative estimate of drug-likeness (QED) is 0.830. The molecule has 1 aromatic carbocycles. The van der Waals surface area contributed by atoms with Crippen molar-refractivity contribution in [3.05, 3.63) is 41.8 Å². The second kappa shape index (κ2) is 9.06. The number of amides is 1. The average Bonchev–Trinajstić information content (AvgIpc) is 3.09. The van der Waals surface area contributed by atoms with Crippen molar-refractivity contribution >= 4 is 35.3 Å². The van der Waals surface area contributed by atoms with Crippen LogP contribution in [-0.4, -0.2) is 19.0 Å². The minimum Gasteiger partial charge on any atom is -0.325 e. The van der Waals surface area contributed by atoms with Crippen LogP contribution < -0.4 is 10.6 Å². The Morgan fingerprint density at radius 3 is 2.70 bits per heavy atom. The fourth-order valence-electron chi connectivity index (χ4n) is 2.96. The van der Waals surface area contributed by atoms with Gasteiger partial charge in [0.2, 0.25) is 5.91 Å². The number of para-hydroxylation sites is 1. The fourth-order valence-corrected chi connectivity index (χ4v) is 3.72. The van der Waals surface area contributed by atoms with Crippen LogP contribution in [0.3, 0.4) is 0 Å². The molecule has 1 aromatic heterocycles. The Hall–Kier alpha value is -1.36. The van der Waals surface area contributed by atoms with Crippen LogP contribution in [-0.2, 0) is 4.79 Å². The molecular formula is C18H23ClN2OS. The number of hydrogen-bond acceptors (Lipinski definition) is 3. The molecule has 0 radical (unpaired) electrons. The smallest absolute Gasteiger partial charge is 0.224 e. The predicted octanol–water partition coefficient (Wildman–Crippen LogP) is 4.56. The first-order valence-corrected chi connectivity index (χ1v) is 8.84. The number of carbonyl (C=O) groups is 1. The van der Waals surface area contributed by atoms with E-state index in [1.165, 1.54) is 17.7 Å². The van der Waals surface area contributed by atoms with Crippen LogP contribution in [0, 0.1) is 5.92 Å². The van der Waals surface area contributed by atoms with Crippen LogP contribution >= 0.6 is 23.7 Å². The van der Waals surface area contributed by atoms with Gasteiger partial charge in [-0.2, -0.15) is 0 Å². The van der Waals surface area contributed by atoms with E-state index in [1.807, 2.05) is 24.3 Å². The summed E-state index contributed by atoms with van der Waals surface area (Å²) < 4.78 is 0. The van der Waals surface area contributed by atoms with E-state index in [1.54, 1.807) is 11.3 Å². The number of halogens is 1. The summed E-state index contributed by atoms with van der Waals surface area (Å²) in [4.78, 5) is 13.4. The molecule has 0 spiro atoms. The Morgan fingerprint density at radius 2 is 1.96 bits per heavy atom. The zero-order chi connectivity index (χ0) is 15.2. The van der Waals surface area contributed by atoms with Crippen molar-refractivity contribution in [1.82, 2.24) is 5.32 Å². The Morgan fingerprint density at radius 1 is 1.17 bits per heavy atom. The molecule has 2 N–H and O–H groups in total. The number of carbonyl (C=O) groups excluding carboxylic acids is 1. The number of thiophene rings is 1. The SMILES string of the molecule is Cl.O=C(CCC1CCNCC1)Nc1ccccc1-c1cccs1. The van der Waals surface area contributed by atoms with Crippen molar-refractivity contribution in [1.29, 1.82) is 0 Å². The molecule has 124 valence electrons. The molecule has 2 heterocycles. The number of rotatable bonds is 5. The van der Waals surface area contributed by atoms with Crippen molar-refractivity contribution in [2.75, 3.05) is 18.4 Å². The van der Waals surface area contributed by atoms with E-state index in [4.69, 9.17) is 0 Å². The zero-order valence-corrected chi connectivity index (χ0v) is 14.7. The van der Waals surface area contributed by atoms with E-state index in [0.717, 1.165) is 30.8 Å². The lowest BCUT2D eigenvalue weighted by atomic mass is 9.93. The second-order valence-electron chi connectivity index (χ2n) is 5.80. The molecule has 1 aliphatic heterocycles. The van der Waals surface area contributed by atoms with Gasteiger partial charge in [-0.1, -0.05) is 24.3 Å². The molecule has 2 aromatic rings. The monoisotopic (exact) mass is 350 g/mol. The minimum absolute atomic E-state index is 0. The first-order valence-electron chi connectivity index (χ1n) is 7.96. The van der Waals surface area contributed by atoms with Gasteiger partial charge in [-0.05, 0) is 55.8 Å². The number of nitrogens with one attached hydrogen (secondary N) is 2. The highest BCUT2D eigenvalue weighted by molar-refractivity contribution is 7.13. The van der Waals surface area contributed by atoms with E-state index >= 15 is 0 Å². The van der Waals surface area contributed by atoms with Crippen LogP contribution in [0.2, 0.25) is 0 Å². The molecule has 1 aliphatic rings. The molecule has 5 heteroatoms. The third kappa shape index (κ3) is 5.06. The molecule has 1 fully saturated rings. The van der Waals surface area contributed by atoms with Gasteiger partial charge in [0.1, 0.15) is 0 Å². The van der Waals surface area contributed by atoms with Crippen LogP contribution in [0.15, 0.2) is 41.8 Å². The largest absolute Gasteiger partial charge is 0.325 e. The van der Waals surface area contributed by atoms with E-state index in [9.17, 15) is 4.79 Å². The molecule has 1 saturated heterocycles. The number of hydrogen-bond donors (Lipinski definition) is 2. The third-order valence-corrected chi connectivity index (χ3v) is 5.13. The van der Waals surface area contributed by atoms with Crippen molar-refractivity contribution in [3.63, 3.8) is 0 Å². The van der Waals surface area contributed by atoms with E-state index in [0.29, 0.717) is 12.3 Å². The highest BCUT2D eigenvalue weighted by Gasteiger charge is 2.15. The summed E-state index contributed by atoms with van der Waals surface area (Å²) in [6.45, 7) is 2.18. The number of benzene rings is 1. The lowest BCUT2D eigenvalue weighted by molar-refractivity contribution is -0.116. The summed E-state index contributed by atoms with van der Waals surface area (Å²) in [6.07, 6.45) is 4.00. The van der Waals surface area contributed by atoms with E-state index < -0.39 is 0 Å². The van der Waals surface area contributed by atoms with Crippen molar-refractivity contribution in [3.8, 4) is 10.4 Å². The summed E-state index contributed by atoms with van der Waals surface area (Å²) in [5.74, 6) is 0.821. The lowest BCUT2D eigenvalue weighted by Gasteiger charge is -2.22. The van der Waals surface area contributed by atoms with Gasteiger partial charge in [-0.15, -0.1) is 23.7 Å². The predicted molar refractivity (Wildman–Crippen MR) is 100 cm³/mol. The maximum absolute atomic E-state index is 12.3. The van der Waals surface area contributed by atoms with Gasteiger partial charge in [-0.25, -0.2) is 0 Å². The summed E-state index contributed by atoms with van der Waals surface area (Å²) in [7, 11) is 0. The van der Waals surface area contributed by atoms with Gasteiger partial charge in [-0.3, -0.25) is 4.79 Å². The Balaban J connectivity index is 0.00000192. The molecule has 3 nitrogen and oxygen atoms in total. The topological polar surface area (TPSA) is 41.1 Å². The molecule has 3 rings (SSSR count). The highest BCUT2D eigenvalue weighted by Crippen LogP contribution is 2.31. The maximum atomic E-state index is 12.3. The van der Waals surface area contributed by atoms with Gasteiger partial charge in [0.25, 0.3) is 0 Å². The second-order valence-corrected chi connectivity index (χ2v) is 6.75. The van der Waals surface area contributed by atoms with Crippen molar-refractivity contribution in [2.45, 2.75) is 25.7 Å². The minimum atomic E-state index is 0. The molecule has 0 atom stereocenters. The maximum Gasteiger partial charge on any atom is 0.224 e. The summed E-state index contributed by atoms with van der Waals surface area (Å²) >= 11 is 1.70. The summed E-state index contributed by atoms with van der Waals surface area (Å²) in [5, 5.41) is 8.52. The van der Waals surface area contributed by atoms with Crippen LogP contribution in [0.5, 0.6) is 0 Å². The molecule has 1 amide bonds. The van der Waals surface area contributed by atoms with Gasteiger partial charge in [0, 0.05) is 22.5 Å². The number of anilines is 1.